The van der Waals surface area contributed by atoms with Gasteiger partial charge >= 0.3 is 18.2 Å². The molecule has 24 heavy (non-hydrogen) atoms. The van der Waals surface area contributed by atoms with Crippen LogP contribution in [0.25, 0.3) is 0 Å². The van der Waals surface area contributed by atoms with E-state index >= 15 is 0 Å². The molecule has 1 aromatic heterocycles. The smallest absolute Gasteiger partial charge is 0.422 e. The Labute approximate surface area is 141 Å². The van der Waals surface area contributed by atoms with E-state index in [1.54, 1.807) is 0 Å². The first-order valence-corrected chi connectivity index (χ1v) is 6.52. The van der Waals surface area contributed by atoms with Crippen molar-refractivity contribution in [3.05, 3.63) is 35.1 Å². The SMILES string of the molecule is [2H]C([2H])(Oc1nc(Cl)nc(Nc2ccc(C(=O)OC)cc2)n1)C(F)(F)F. The molecule has 128 valence electrons. The third-order valence-electron chi connectivity index (χ3n) is 2.41. The van der Waals surface area contributed by atoms with E-state index in [1.165, 1.54) is 31.4 Å². The second-order valence-corrected chi connectivity index (χ2v) is 4.44. The molecule has 0 radical (unpaired) electrons. The van der Waals surface area contributed by atoms with Crippen molar-refractivity contribution >= 4 is 29.2 Å². The lowest BCUT2D eigenvalue weighted by Gasteiger charge is -2.09. The van der Waals surface area contributed by atoms with Gasteiger partial charge in [-0.1, -0.05) is 0 Å². The number of aromatic nitrogens is 3. The maximum absolute atomic E-state index is 12.5. The van der Waals surface area contributed by atoms with Gasteiger partial charge in [-0.15, -0.1) is 0 Å². The first kappa shape index (κ1) is 14.9. The van der Waals surface area contributed by atoms with Gasteiger partial charge in [0.1, 0.15) is 0 Å². The van der Waals surface area contributed by atoms with E-state index in [2.05, 4.69) is 29.7 Å². The molecule has 11 heteroatoms. The Morgan fingerprint density at radius 2 is 1.96 bits per heavy atom. The molecule has 0 amide bonds. The van der Waals surface area contributed by atoms with E-state index in [1.807, 2.05) is 0 Å². The van der Waals surface area contributed by atoms with Gasteiger partial charge in [-0.05, 0) is 35.9 Å². The third kappa shape index (κ3) is 5.23. The summed E-state index contributed by atoms with van der Waals surface area (Å²) >= 11 is 5.60. The van der Waals surface area contributed by atoms with Crippen LogP contribution < -0.4 is 10.1 Å². The standard InChI is InChI=1S/C13H10ClF3N4O3/c1-23-9(22)7-2-4-8(5-3-7)18-11-19-10(14)20-12(21-11)24-6-13(15,16)17/h2-5H,6H2,1H3,(H,18,19,20,21)/i6D2. The first-order valence-electron chi connectivity index (χ1n) is 7.14. The number of anilines is 2. The minimum atomic E-state index is -5.30. The Morgan fingerprint density at radius 1 is 1.29 bits per heavy atom. The number of rotatable bonds is 5. The van der Waals surface area contributed by atoms with Crippen molar-refractivity contribution < 1.29 is 30.2 Å². The van der Waals surface area contributed by atoms with Crippen molar-refractivity contribution in [3.8, 4) is 6.01 Å². The molecule has 1 heterocycles. The van der Waals surface area contributed by atoms with Crippen LogP contribution in [-0.4, -0.2) is 40.8 Å². The van der Waals surface area contributed by atoms with Crippen LogP contribution in [-0.2, 0) is 4.74 Å². The Bertz CT molecular complexity index is 806. The molecule has 0 saturated heterocycles. The lowest BCUT2D eigenvalue weighted by molar-refractivity contribution is -0.154. The number of halogens is 4. The van der Waals surface area contributed by atoms with E-state index in [4.69, 9.17) is 14.3 Å². The molecule has 7 nitrogen and oxygen atoms in total. The molecule has 0 atom stereocenters. The number of carbonyl (C=O) groups is 1. The highest BCUT2D eigenvalue weighted by molar-refractivity contribution is 6.28. The monoisotopic (exact) mass is 364 g/mol. The zero-order chi connectivity index (χ0) is 19.5. The number of carbonyl (C=O) groups excluding carboxylic acids is 1. The molecular formula is C13H10ClF3N4O3. The molecule has 0 aliphatic carbocycles. The minimum absolute atomic E-state index is 0.272. The number of benzene rings is 1. The zero-order valence-electron chi connectivity index (χ0n) is 13.9. The van der Waals surface area contributed by atoms with E-state index in [0.29, 0.717) is 5.69 Å². The van der Waals surface area contributed by atoms with Crippen LogP contribution in [0, 0.1) is 0 Å². The van der Waals surface area contributed by atoms with E-state index < -0.39 is 30.0 Å². The van der Waals surface area contributed by atoms with Gasteiger partial charge in [-0.25, -0.2) is 4.79 Å². The quantitative estimate of drug-likeness (QED) is 0.816. The molecule has 0 aliphatic heterocycles. The molecule has 0 spiro atoms. The van der Waals surface area contributed by atoms with E-state index in [0.717, 1.165) is 0 Å². The number of esters is 1. The predicted molar refractivity (Wildman–Crippen MR) is 77.5 cm³/mol. The van der Waals surface area contributed by atoms with Crippen LogP contribution in [0.2, 0.25) is 5.28 Å². The number of nitrogens with zero attached hydrogens (tertiary/aromatic N) is 3. The molecule has 2 aromatic rings. The second kappa shape index (κ2) is 7.30. The summed E-state index contributed by atoms with van der Waals surface area (Å²) < 4.78 is 60.1. The van der Waals surface area contributed by atoms with E-state index in [-0.39, 0.29) is 11.5 Å². The lowest BCUT2D eigenvalue weighted by atomic mass is 10.2. The largest absolute Gasteiger partial charge is 0.465 e. The maximum atomic E-state index is 12.5. The summed E-state index contributed by atoms with van der Waals surface area (Å²) in [6.07, 6.45) is -5.30. The molecule has 0 fully saturated rings. The first-order chi connectivity index (χ1) is 12.0. The fourth-order valence-corrected chi connectivity index (χ4v) is 1.63. The Morgan fingerprint density at radius 3 is 2.54 bits per heavy atom. The summed E-state index contributed by atoms with van der Waals surface area (Å²) in [7, 11) is 1.22. The maximum Gasteiger partial charge on any atom is 0.422 e. The summed E-state index contributed by atoms with van der Waals surface area (Å²) in [6, 6.07) is 4.81. The molecule has 1 aromatic carbocycles. The lowest BCUT2D eigenvalue weighted by Crippen LogP contribution is -2.20. The molecule has 2 rings (SSSR count). The summed E-state index contributed by atoms with van der Waals surface area (Å²) in [5.41, 5.74) is 0.638. The number of methoxy groups -OCH3 is 1. The highest BCUT2D eigenvalue weighted by atomic mass is 35.5. The van der Waals surface area contributed by atoms with Crippen molar-refractivity contribution in [3.63, 3.8) is 0 Å². The normalized spacial score (nSPS) is 12.9. The van der Waals surface area contributed by atoms with Gasteiger partial charge in [0.25, 0.3) is 0 Å². The number of alkyl halides is 3. The Hall–Kier alpha value is -2.62. The van der Waals surface area contributed by atoms with Crippen LogP contribution in [0.4, 0.5) is 24.8 Å². The van der Waals surface area contributed by atoms with Crippen LogP contribution >= 0.6 is 11.6 Å². The van der Waals surface area contributed by atoms with Crippen molar-refractivity contribution in [2.45, 2.75) is 6.18 Å². The Balaban J connectivity index is 2.21. The van der Waals surface area contributed by atoms with Gasteiger partial charge in [0.2, 0.25) is 11.2 Å². The number of hydrogen-bond acceptors (Lipinski definition) is 7. The molecule has 0 bridgehead atoms. The molecule has 0 saturated carbocycles. The Kier molecular flexibility index (Phi) is 4.54. The molecular weight excluding hydrogens is 353 g/mol. The van der Waals surface area contributed by atoms with Crippen molar-refractivity contribution in [2.24, 2.45) is 0 Å². The minimum Gasteiger partial charge on any atom is -0.465 e. The van der Waals surface area contributed by atoms with Crippen molar-refractivity contribution in [2.75, 3.05) is 19.0 Å². The number of hydrogen-bond donors (Lipinski definition) is 1. The molecule has 1 N–H and O–H groups in total. The van der Waals surface area contributed by atoms with Crippen LogP contribution in [0.5, 0.6) is 6.01 Å². The van der Waals surface area contributed by atoms with Gasteiger partial charge in [0.15, 0.2) is 6.56 Å². The number of ether oxygens (including phenoxy) is 2. The van der Waals surface area contributed by atoms with Crippen molar-refractivity contribution in [1.82, 2.24) is 15.0 Å². The fraction of sp³-hybridized carbons (Fsp3) is 0.231. The predicted octanol–water partition coefficient (Wildman–Crippen LogP) is 3.00. The average molecular weight is 365 g/mol. The summed E-state index contributed by atoms with van der Waals surface area (Å²) in [5, 5.41) is 2.10. The third-order valence-corrected chi connectivity index (χ3v) is 2.58. The highest BCUT2D eigenvalue weighted by Crippen LogP contribution is 2.20. The fourth-order valence-electron chi connectivity index (χ4n) is 1.47. The van der Waals surface area contributed by atoms with Gasteiger partial charge in [0, 0.05) is 5.69 Å². The second-order valence-electron chi connectivity index (χ2n) is 4.11. The zero-order valence-corrected chi connectivity index (χ0v) is 12.6. The van der Waals surface area contributed by atoms with Crippen LogP contribution in [0.1, 0.15) is 13.1 Å². The van der Waals surface area contributed by atoms with E-state index in [9.17, 15) is 18.0 Å². The summed E-state index contributed by atoms with van der Waals surface area (Å²) in [6.45, 7) is -4.02. The average Bonchev–Trinajstić information content (AvgIpc) is 2.52. The topological polar surface area (TPSA) is 86.2 Å². The van der Waals surface area contributed by atoms with Gasteiger partial charge < -0.3 is 14.8 Å². The van der Waals surface area contributed by atoms with Gasteiger partial charge in [-0.2, -0.15) is 28.1 Å². The van der Waals surface area contributed by atoms with Crippen molar-refractivity contribution in [1.29, 1.82) is 0 Å². The summed E-state index contributed by atoms with van der Waals surface area (Å²) in [5.74, 6) is -0.839. The molecule has 0 aliphatic rings. The van der Waals surface area contributed by atoms with Gasteiger partial charge in [0.05, 0.1) is 15.4 Å². The van der Waals surface area contributed by atoms with Gasteiger partial charge in [-0.3, -0.25) is 0 Å². The molecule has 0 unspecified atom stereocenters. The number of nitrogens with one attached hydrogen (secondary N) is 1. The highest BCUT2D eigenvalue weighted by Gasteiger charge is 2.29. The summed E-state index contributed by atoms with van der Waals surface area (Å²) in [4.78, 5) is 21.8. The van der Waals surface area contributed by atoms with Crippen LogP contribution in [0.15, 0.2) is 24.3 Å². The van der Waals surface area contributed by atoms with Crippen LogP contribution in [0.3, 0.4) is 0 Å².